The summed E-state index contributed by atoms with van der Waals surface area (Å²) >= 11 is 0. The Bertz CT molecular complexity index is 884. The van der Waals surface area contributed by atoms with Crippen molar-refractivity contribution in [3.63, 3.8) is 0 Å². The molecule has 102 valence electrons. The van der Waals surface area contributed by atoms with E-state index in [0.717, 1.165) is 5.69 Å². The van der Waals surface area contributed by atoms with Gasteiger partial charge in [0.05, 0.1) is 12.0 Å². The van der Waals surface area contributed by atoms with E-state index in [0.29, 0.717) is 17.3 Å². The van der Waals surface area contributed by atoms with E-state index in [9.17, 15) is 0 Å². The van der Waals surface area contributed by atoms with Crippen molar-refractivity contribution in [1.82, 2.24) is 34.8 Å². The molecule has 8 nitrogen and oxygen atoms in total. The predicted octanol–water partition coefficient (Wildman–Crippen LogP) is 1.50. The fourth-order valence-corrected chi connectivity index (χ4v) is 1.93. The quantitative estimate of drug-likeness (QED) is 0.565. The maximum absolute atomic E-state index is 5.73. The third-order valence-corrected chi connectivity index (χ3v) is 2.89. The van der Waals surface area contributed by atoms with Crippen LogP contribution < -0.4 is 4.74 Å². The molecule has 3 aromatic heterocycles. The first-order valence-corrected chi connectivity index (χ1v) is 6.20. The van der Waals surface area contributed by atoms with Crippen LogP contribution in [-0.4, -0.2) is 34.8 Å². The molecule has 0 saturated carbocycles. The van der Waals surface area contributed by atoms with Gasteiger partial charge in [-0.3, -0.25) is 0 Å². The summed E-state index contributed by atoms with van der Waals surface area (Å²) in [6.07, 6.45) is 5.32. The van der Waals surface area contributed by atoms with Gasteiger partial charge in [0.25, 0.3) is 0 Å². The number of fused-ring (bicyclic) bond motifs is 1. The summed E-state index contributed by atoms with van der Waals surface area (Å²) in [4.78, 5) is 4.02. The van der Waals surface area contributed by atoms with Gasteiger partial charge in [0, 0.05) is 24.5 Å². The van der Waals surface area contributed by atoms with Crippen molar-refractivity contribution in [2.24, 2.45) is 0 Å². The first-order chi connectivity index (χ1) is 10.4. The lowest BCUT2D eigenvalue weighted by molar-refractivity contribution is 0.447. The molecule has 0 spiro atoms. The molecule has 4 aromatic rings. The number of hydrogen-bond acceptors (Lipinski definition) is 6. The average Bonchev–Trinajstić information content (AvgIpc) is 3.18. The molecular weight excluding hydrogens is 270 g/mol. The molecule has 0 aliphatic carbocycles. The van der Waals surface area contributed by atoms with E-state index >= 15 is 0 Å². The molecule has 0 unspecified atom stereocenters. The van der Waals surface area contributed by atoms with Crippen molar-refractivity contribution < 1.29 is 4.74 Å². The van der Waals surface area contributed by atoms with Gasteiger partial charge in [-0.25, -0.2) is 4.98 Å². The van der Waals surface area contributed by atoms with E-state index < -0.39 is 0 Å². The fraction of sp³-hybridized carbons (Fsp3) is 0. The van der Waals surface area contributed by atoms with Gasteiger partial charge in [0.15, 0.2) is 5.65 Å². The molecule has 21 heavy (non-hydrogen) atoms. The molecule has 0 atom stereocenters. The lowest BCUT2D eigenvalue weighted by Crippen LogP contribution is -1.97. The third kappa shape index (κ3) is 2.18. The Labute approximate surface area is 118 Å². The van der Waals surface area contributed by atoms with Crippen LogP contribution in [0.15, 0.2) is 55.1 Å². The Morgan fingerprint density at radius 1 is 1.10 bits per heavy atom. The van der Waals surface area contributed by atoms with Crippen LogP contribution in [0.3, 0.4) is 0 Å². The van der Waals surface area contributed by atoms with Crippen molar-refractivity contribution in [3.8, 4) is 17.3 Å². The van der Waals surface area contributed by atoms with Crippen LogP contribution in [0.2, 0.25) is 0 Å². The molecule has 8 heteroatoms. The summed E-state index contributed by atoms with van der Waals surface area (Å²) in [5.74, 6) is 1.08. The third-order valence-electron chi connectivity index (χ3n) is 2.89. The smallest absolute Gasteiger partial charge is 0.239 e. The largest absolute Gasteiger partial charge is 0.437 e. The second-order valence-corrected chi connectivity index (χ2v) is 4.27. The Morgan fingerprint density at radius 2 is 2.10 bits per heavy atom. The Hall–Kier alpha value is -3.29. The van der Waals surface area contributed by atoms with Crippen LogP contribution in [0, 0.1) is 0 Å². The van der Waals surface area contributed by atoms with E-state index in [1.165, 1.54) is 4.63 Å². The normalized spacial score (nSPS) is 10.9. The molecule has 0 saturated heterocycles. The summed E-state index contributed by atoms with van der Waals surface area (Å²) < 4.78 is 8.94. The molecule has 0 fully saturated rings. The molecule has 0 bridgehead atoms. The molecular formula is C13H9N7O. The van der Waals surface area contributed by atoms with Crippen LogP contribution in [0.25, 0.3) is 11.3 Å². The SMILES string of the molecule is c1cc(Oc2ccc3nnnn3n2)cc(-n2ccnc2)c1. The van der Waals surface area contributed by atoms with Crippen LogP contribution in [-0.2, 0) is 0 Å². The zero-order chi connectivity index (χ0) is 14.1. The predicted molar refractivity (Wildman–Crippen MR) is 72.2 cm³/mol. The topological polar surface area (TPSA) is 83.0 Å². The van der Waals surface area contributed by atoms with Crippen molar-refractivity contribution in [1.29, 1.82) is 0 Å². The molecule has 1 aromatic carbocycles. The monoisotopic (exact) mass is 279 g/mol. The maximum Gasteiger partial charge on any atom is 0.239 e. The van der Waals surface area contributed by atoms with Gasteiger partial charge < -0.3 is 9.30 Å². The highest BCUT2D eigenvalue weighted by molar-refractivity contribution is 5.41. The molecule has 0 N–H and O–H groups in total. The Kier molecular flexibility index (Phi) is 2.57. The highest BCUT2D eigenvalue weighted by atomic mass is 16.5. The molecule has 4 rings (SSSR count). The number of nitrogens with zero attached hydrogens (tertiary/aromatic N) is 7. The first-order valence-electron chi connectivity index (χ1n) is 6.20. The van der Waals surface area contributed by atoms with Crippen LogP contribution in [0.5, 0.6) is 11.6 Å². The van der Waals surface area contributed by atoms with Gasteiger partial charge in [-0.05, 0) is 28.6 Å². The maximum atomic E-state index is 5.73. The van der Waals surface area contributed by atoms with Crippen molar-refractivity contribution >= 4 is 5.65 Å². The highest BCUT2D eigenvalue weighted by Crippen LogP contribution is 2.21. The summed E-state index contributed by atoms with van der Waals surface area (Å²) in [5, 5.41) is 15.2. The Morgan fingerprint density at radius 3 is 3.00 bits per heavy atom. The first kappa shape index (κ1) is 11.5. The molecule has 0 radical (unpaired) electrons. The number of ether oxygens (including phenoxy) is 1. The van der Waals surface area contributed by atoms with Gasteiger partial charge in [0.1, 0.15) is 5.75 Å². The number of benzene rings is 1. The number of hydrogen-bond donors (Lipinski definition) is 0. The molecule has 3 heterocycles. The lowest BCUT2D eigenvalue weighted by atomic mass is 10.3. The number of rotatable bonds is 3. The van der Waals surface area contributed by atoms with E-state index in [1.807, 2.05) is 35.0 Å². The van der Waals surface area contributed by atoms with Crippen molar-refractivity contribution in [3.05, 3.63) is 55.1 Å². The van der Waals surface area contributed by atoms with E-state index in [4.69, 9.17) is 4.74 Å². The summed E-state index contributed by atoms with van der Waals surface area (Å²) in [5.41, 5.74) is 1.52. The van der Waals surface area contributed by atoms with Gasteiger partial charge in [0.2, 0.25) is 5.88 Å². The standard InChI is InChI=1S/C13H9N7O/c1-2-10(19-7-6-14-9-19)8-11(3-1)21-13-5-4-12-15-17-18-20(12)16-13/h1-9H. The zero-order valence-electron chi connectivity index (χ0n) is 10.7. The number of aromatic nitrogens is 7. The van der Waals surface area contributed by atoms with Crippen molar-refractivity contribution in [2.45, 2.75) is 0 Å². The van der Waals surface area contributed by atoms with Crippen LogP contribution in [0.4, 0.5) is 0 Å². The summed E-state index contributed by atoms with van der Waals surface area (Å²) in [6, 6.07) is 11.1. The average molecular weight is 279 g/mol. The number of imidazole rings is 1. The van der Waals surface area contributed by atoms with E-state index in [-0.39, 0.29) is 0 Å². The van der Waals surface area contributed by atoms with Gasteiger partial charge >= 0.3 is 0 Å². The minimum atomic E-state index is 0.414. The number of tetrazole rings is 1. The Balaban J connectivity index is 1.66. The van der Waals surface area contributed by atoms with Crippen molar-refractivity contribution in [2.75, 3.05) is 0 Å². The minimum Gasteiger partial charge on any atom is -0.437 e. The second kappa shape index (κ2) is 4.67. The molecule has 0 aliphatic heterocycles. The molecule has 0 amide bonds. The highest BCUT2D eigenvalue weighted by Gasteiger charge is 2.04. The van der Waals surface area contributed by atoms with Gasteiger partial charge in [-0.1, -0.05) is 6.07 Å². The lowest BCUT2D eigenvalue weighted by Gasteiger charge is -2.07. The van der Waals surface area contributed by atoms with Crippen LogP contribution >= 0.6 is 0 Å². The van der Waals surface area contributed by atoms with E-state index in [1.54, 1.807) is 24.7 Å². The minimum absolute atomic E-state index is 0.414. The molecule has 0 aliphatic rings. The summed E-state index contributed by atoms with van der Waals surface area (Å²) in [6.45, 7) is 0. The van der Waals surface area contributed by atoms with Crippen LogP contribution in [0.1, 0.15) is 0 Å². The van der Waals surface area contributed by atoms with E-state index in [2.05, 4.69) is 25.6 Å². The fourth-order valence-electron chi connectivity index (χ4n) is 1.93. The zero-order valence-corrected chi connectivity index (χ0v) is 10.7. The van der Waals surface area contributed by atoms with Gasteiger partial charge in [-0.15, -0.1) is 14.8 Å². The summed E-state index contributed by atoms with van der Waals surface area (Å²) in [7, 11) is 0. The van der Waals surface area contributed by atoms with Gasteiger partial charge in [-0.2, -0.15) is 0 Å². The second-order valence-electron chi connectivity index (χ2n) is 4.27.